The SMILES string of the molecule is Cc1ccc(OCc2nc3c4c(ncn3n2)Oc2cc(O)ccc2C4c2ccco2)cc1. The summed E-state index contributed by atoms with van der Waals surface area (Å²) < 4.78 is 19.3. The molecular formula is C24H18N4O4. The fraction of sp³-hybridized carbons (Fsp3) is 0.125. The van der Waals surface area contributed by atoms with Gasteiger partial charge in [0.05, 0.1) is 17.7 Å². The third kappa shape index (κ3) is 3.04. The van der Waals surface area contributed by atoms with Crippen LogP contribution in [-0.4, -0.2) is 24.7 Å². The van der Waals surface area contributed by atoms with Crippen LogP contribution in [0.25, 0.3) is 5.65 Å². The van der Waals surface area contributed by atoms with Crippen molar-refractivity contribution in [3.05, 3.63) is 95.5 Å². The number of rotatable bonds is 4. The van der Waals surface area contributed by atoms with Gasteiger partial charge in [-0.3, -0.25) is 0 Å². The largest absolute Gasteiger partial charge is 0.508 e. The normalized spacial score (nSPS) is 14.6. The lowest BCUT2D eigenvalue weighted by Crippen LogP contribution is -2.14. The van der Waals surface area contributed by atoms with Crippen molar-refractivity contribution in [2.75, 3.05) is 0 Å². The molecule has 0 saturated carbocycles. The molecule has 1 N–H and O–H groups in total. The molecule has 8 heteroatoms. The van der Waals surface area contributed by atoms with Crippen LogP contribution in [0.5, 0.6) is 23.1 Å². The third-order valence-corrected chi connectivity index (χ3v) is 5.45. The molecule has 0 saturated heterocycles. The maximum absolute atomic E-state index is 9.93. The predicted molar refractivity (Wildman–Crippen MR) is 114 cm³/mol. The van der Waals surface area contributed by atoms with Gasteiger partial charge < -0.3 is 19.0 Å². The summed E-state index contributed by atoms with van der Waals surface area (Å²) in [4.78, 5) is 9.18. The number of hydrogen-bond acceptors (Lipinski definition) is 7. The van der Waals surface area contributed by atoms with Crippen molar-refractivity contribution in [1.29, 1.82) is 0 Å². The Labute approximate surface area is 182 Å². The molecule has 6 rings (SSSR count). The Morgan fingerprint density at radius 2 is 2.00 bits per heavy atom. The zero-order valence-corrected chi connectivity index (χ0v) is 17.1. The number of nitrogens with zero attached hydrogens (tertiary/aromatic N) is 4. The summed E-state index contributed by atoms with van der Waals surface area (Å²) in [5.74, 6) is 2.72. The second kappa shape index (κ2) is 7.12. The maximum atomic E-state index is 9.93. The van der Waals surface area contributed by atoms with Gasteiger partial charge in [-0.1, -0.05) is 23.8 Å². The van der Waals surface area contributed by atoms with Crippen molar-refractivity contribution in [3.63, 3.8) is 0 Å². The molecule has 8 nitrogen and oxygen atoms in total. The Morgan fingerprint density at radius 3 is 2.81 bits per heavy atom. The van der Waals surface area contributed by atoms with E-state index in [1.165, 1.54) is 5.56 Å². The number of furan rings is 1. The van der Waals surface area contributed by atoms with E-state index in [9.17, 15) is 5.11 Å². The zero-order valence-electron chi connectivity index (χ0n) is 17.1. The van der Waals surface area contributed by atoms with Gasteiger partial charge in [0.2, 0.25) is 5.88 Å². The fourth-order valence-electron chi connectivity index (χ4n) is 3.94. The van der Waals surface area contributed by atoms with E-state index in [0.717, 1.165) is 22.6 Å². The van der Waals surface area contributed by atoms with Gasteiger partial charge >= 0.3 is 0 Å². The quantitative estimate of drug-likeness (QED) is 0.440. The molecule has 3 aromatic heterocycles. The average Bonchev–Trinajstić information content (AvgIpc) is 3.47. The molecule has 5 aromatic rings. The number of benzene rings is 2. The Balaban J connectivity index is 1.43. The van der Waals surface area contributed by atoms with Crippen LogP contribution >= 0.6 is 0 Å². The minimum absolute atomic E-state index is 0.115. The van der Waals surface area contributed by atoms with Crippen LogP contribution in [0.1, 0.15) is 34.2 Å². The highest BCUT2D eigenvalue weighted by atomic mass is 16.5. The van der Waals surface area contributed by atoms with E-state index < -0.39 is 0 Å². The highest BCUT2D eigenvalue weighted by Gasteiger charge is 2.35. The molecule has 0 radical (unpaired) electrons. The minimum Gasteiger partial charge on any atom is -0.508 e. The van der Waals surface area contributed by atoms with Gasteiger partial charge in [0.25, 0.3) is 0 Å². The Kier molecular flexibility index (Phi) is 4.10. The van der Waals surface area contributed by atoms with E-state index >= 15 is 0 Å². The lowest BCUT2D eigenvalue weighted by atomic mass is 9.87. The molecule has 0 spiro atoms. The van der Waals surface area contributed by atoms with Gasteiger partial charge in [0.1, 0.15) is 35.9 Å². The Morgan fingerprint density at radius 1 is 1.12 bits per heavy atom. The number of aromatic hydroxyl groups is 1. The minimum atomic E-state index is -0.310. The van der Waals surface area contributed by atoms with Gasteiger partial charge in [-0.25, -0.2) is 14.5 Å². The van der Waals surface area contributed by atoms with Crippen molar-refractivity contribution in [2.24, 2.45) is 0 Å². The maximum Gasteiger partial charge on any atom is 0.228 e. The van der Waals surface area contributed by atoms with Crippen LogP contribution < -0.4 is 9.47 Å². The molecule has 4 heterocycles. The van der Waals surface area contributed by atoms with Gasteiger partial charge in [-0.05, 0) is 37.3 Å². The average molecular weight is 426 g/mol. The topological polar surface area (TPSA) is 94.9 Å². The first kappa shape index (κ1) is 18.4. The van der Waals surface area contributed by atoms with Crippen LogP contribution in [0.2, 0.25) is 0 Å². The van der Waals surface area contributed by atoms with Crippen molar-refractivity contribution in [3.8, 4) is 23.1 Å². The van der Waals surface area contributed by atoms with Crippen molar-refractivity contribution in [1.82, 2.24) is 19.6 Å². The van der Waals surface area contributed by atoms with E-state index in [0.29, 0.717) is 23.1 Å². The zero-order chi connectivity index (χ0) is 21.7. The first-order chi connectivity index (χ1) is 15.7. The van der Waals surface area contributed by atoms with E-state index in [1.54, 1.807) is 29.2 Å². The lowest BCUT2D eigenvalue weighted by molar-refractivity contribution is 0.296. The predicted octanol–water partition coefficient (Wildman–Crippen LogP) is 4.60. The molecule has 2 aromatic carbocycles. The van der Waals surface area contributed by atoms with Crippen LogP contribution in [0.15, 0.2) is 71.6 Å². The molecule has 0 fully saturated rings. The molecule has 0 bridgehead atoms. The highest BCUT2D eigenvalue weighted by Crippen LogP contribution is 2.48. The van der Waals surface area contributed by atoms with Crippen LogP contribution in [0, 0.1) is 6.92 Å². The van der Waals surface area contributed by atoms with Crippen molar-refractivity contribution >= 4 is 5.65 Å². The summed E-state index contributed by atoms with van der Waals surface area (Å²) >= 11 is 0. The van der Waals surface area contributed by atoms with Crippen LogP contribution in [0.4, 0.5) is 0 Å². The van der Waals surface area contributed by atoms with E-state index in [-0.39, 0.29) is 18.3 Å². The molecule has 1 atom stereocenters. The monoisotopic (exact) mass is 426 g/mol. The fourth-order valence-corrected chi connectivity index (χ4v) is 3.94. The smallest absolute Gasteiger partial charge is 0.228 e. The van der Waals surface area contributed by atoms with Crippen molar-refractivity contribution < 1.29 is 19.0 Å². The molecular weight excluding hydrogens is 408 g/mol. The second-order valence-corrected chi connectivity index (χ2v) is 7.63. The second-order valence-electron chi connectivity index (χ2n) is 7.63. The summed E-state index contributed by atoms with van der Waals surface area (Å²) in [6, 6.07) is 16.6. The third-order valence-electron chi connectivity index (χ3n) is 5.45. The van der Waals surface area contributed by atoms with E-state index in [2.05, 4.69) is 10.1 Å². The molecule has 1 aliphatic heterocycles. The molecule has 158 valence electrons. The Bertz CT molecular complexity index is 1420. The van der Waals surface area contributed by atoms with Gasteiger partial charge in [-0.2, -0.15) is 0 Å². The Hall–Kier alpha value is -4.33. The number of ether oxygens (including phenoxy) is 2. The molecule has 32 heavy (non-hydrogen) atoms. The summed E-state index contributed by atoms with van der Waals surface area (Å²) in [5, 5.41) is 14.5. The summed E-state index contributed by atoms with van der Waals surface area (Å²) in [7, 11) is 0. The number of aromatic nitrogens is 4. The number of phenols is 1. The number of phenolic OH excluding ortho intramolecular Hbond substituents is 1. The first-order valence-corrected chi connectivity index (χ1v) is 10.1. The summed E-state index contributed by atoms with van der Waals surface area (Å²) in [6.45, 7) is 2.25. The van der Waals surface area contributed by atoms with Gasteiger partial charge in [-0.15, -0.1) is 5.10 Å². The van der Waals surface area contributed by atoms with E-state index in [4.69, 9.17) is 18.9 Å². The summed E-state index contributed by atoms with van der Waals surface area (Å²) in [6.07, 6.45) is 3.19. The van der Waals surface area contributed by atoms with Crippen molar-refractivity contribution in [2.45, 2.75) is 19.4 Å². The molecule has 0 aliphatic carbocycles. The van der Waals surface area contributed by atoms with Gasteiger partial charge in [0, 0.05) is 11.6 Å². The van der Waals surface area contributed by atoms with Crippen LogP contribution in [-0.2, 0) is 6.61 Å². The molecule has 0 amide bonds. The summed E-state index contributed by atoms with van der Waals surface area (Å²) in [5.41, 5.74) is 3.37. The van der Waals surface area contributed by atoms with Gasteiger partial charge in [0.15, 0.2) is 11.5 Å². The molecule has 1 aliphatic rings. The number of fused-ring (bicyclic) bond motifs is 4. The number of hydrogen-bond donors (Lipinski definition) is 1. The highest BCUT2D eigenvalue weighted by molar-refractivity contribution is 5.65. The standard InChI is InChI=1S/C24H18N4O4/c1-14-4-7-16(8-5-14)31-12-20-26-23-22-21(18-3-2-10-30-18)17-9-6-15(29)11-19(17)32-24(22)25-13-28(23)27-20/h2-11,13,21,29H,12H2,1H3. The van der Waals surface area contributed by atoms with E-state index in [1.807, 2.05) is 49.4 Å². The number of aryl methyl sites for hydroxylation is 1. The lowest BCUT2D eigenvalue weighted by Gasteiger charge is -2.26. The molecule has 1 unspecified atom stereocenters. The van der Waals surface area contributed by atoms with Crippen LogP contribution in [0.3, 0.4) is 0 Å². The first-order valence-electron chi connectivity index (χ1n) is 10.1.